The van der Waals surface area contributed by atoms with Crippen LogP contribution in [0, 0.1) is 6.92 Å². The fourth-order valence-corrected chi connectivity index (χ4v) is 2.72. The van der Waals surface area contributed by atoms with Crippen molar-refractivity contribution in [2.75, 3.05) is 0 Å². The minimum atomic E-state index is -0.563. The van der Waals surface area contributed by atoms with Gasteiger partial charge in [-0.3, -0.25) is 4.68 Å². The number of fused-ring (bicyclic) bond motifs is 1. The molecule has 1 aliphatic heterocycles. The van der Waals surface area contributed by atoms with E-state index in [1.54, 1.807) is 22.9 Å². The molecule has 1 aromatic carbocycles. The van der Waals surface area contributed by atoms with Crippen LogP contribution in [0.2, 0.25) is 5.02 Å². The zero-order valence-corrected chi connectivity index (χ0v) is 11.6. The predicted molar refractivity (Wildman–Crippen MR) is 72.3 cm³/mol. The van der Waals surface area contributed by atoms with Gasteiger partial charge in [0.2, 0.25) is 0 Å². The number of aliphatic hydroxyl groups excluding tert-OH is 1. The molecule has 2 atom stereocenters. The van der Waals surface area contributed by atoms with E-state index >= 15 is 0 Å². The van der Waals surface area contributed by atoms with E-state index in [4.69, 9.17) is 16.3 Å². The molecule has 0 amide bonds. The van der Waals surface area contributed by atoms with Crippen molar-refractivity contribution in [2.45, 2.75) is 25.6 Å². The molecule has 1 aromatic heterocycles. The first kappa shape index (κ1) is 12.5. The summed E-state index contributed by atoms with van der Waals surface area (Å²) in [5, 5.41) is 15.2. The Hall–Kier alpha value is -1.52. The molecule has 0 saturated carbocycles. The van der Waals surface area contributed by atoms with Crippen LogP contribution in [0.15, 0.2) is 24.4 Å². The summed E-state index contributed by atoms with van der Waals surface area (Å²) in [5.41, 5.74) is 2.70. The second kappa shape index (κ2) is 4.54. The van der Waals surface area contributed by atoms with Gasteiger partial charge >= 0.3 is 0 Å². The van der Waals surface area contributed by atoms with E-state index in [1.807, 2.05) is 20.2 Å². The summed E-state index contributed by atoms with van der Waals surface area (Å²) >= 11 is 5.94. The van der Waals surface area contributed by atoms with Crippen molar-refractivity contribution in [3.05, 3.63) is 46.2 Å². The molecule has 1 N–H and O–H groups in total. The van der Waals surface area contributed by atoms with Crippen LogP contribution >= 0.6 is 11.6 Å². The number of hydrogen-bond donors (Lipinski definition) is 1. The van der Waals surface area contributed by atoms with Crippen molar-refractivity contribution >= 4 is 11.6 Å². The fourth-order valence-electron chi connectivity index (χ4n) is 2.54. The maximum Gasteiger partial charge on any atom is 0.130 e. The molecular weight excluding hydrogens is 264 g/mol. The van der Waals surface area contributed by atoms with Crippen LogP contribution in [-0.4, -0.2) is 14.9 Å². The summed E-state index contributed by atoms with van der Waals surface area (Å²) < 4.78 is 7.73. The highest BCUT2D eigenvalue weighted by molar-refractivity contribution is 6.30. The number of rotatable bonds is 1. The van der Waals surface area contributed by atoms with Gasteiger partial charge < -0.3 is 9.84 Å². The molecule has 0 spiro atoms. The Morgan fingerprint density at radius 3 is 2.89 bits per heavy atom. The van der Waals surface area contributed by atoms with Gasteiger partial charge in [0, 0.05) is 35.8 Å². The molecule has 0 radical (unpaired) electrons. The van der Waals surface area contributed by atoms with Crippen molar-refractivity contribution < 1.29 is 9.84 Å². The van der Waals surface area contributed by atoms with Gasteiger partial charge in [-0.1, -0.05) is 11.6 Å². The summed E-state index contributed by atoms with van der Waals surface area (Å²) in [7, 11) is 1.88. The lowest BCUT2D eigenvalue weighted by Gasteiger charge is -2.29. The van der Waals surface area contributed by atoms with E-state index in [9.17, 15) is 5.11 Å². The molecular formula is C14H15ClN2O2. The van der Waals surface area contributed by atoms with Crippen molar-refractivity contribution in [1.29, 1.82) is 0 Å². The molecule has 1 aliphatic rings. The number of benzene rings is 1. The molecule has 3 rings (SSSR count). The van der Waals surface area contributed by atoms with Crippen LogP contribution in [0.25, 0.3) is 0 Å². The first-order valence-electron chi connectivity index (χ1n) is 6.19. The third kappa shape index (κ3) is 2.22. The highest BCUT2D eigenvalue weighted by atomic mass is 35.5. The Labute approximate surface area is 116 Å². The smallest absolute Gasteiger partial charge is 0.130 e. The number of nitrogens with zero attached hydrogens (tertiary/aromatic N) is 2. The van der Waals surface area contributed by atoms with E-state index in [2.05, 4.69) is 5.10 Å². The largest absolute Gasteiger partial charge is 0.485 e. The van der Waals surface area contributed by atoms with Gasteiger partial charge in [0.25, 0.3) is 0 Å². The average Bonchev–Trinajstić information content (AvgIpc) is 2.69. The zero-order chi connectivity index (χ0) is 13.6. The summed E-state index contributed by atoms with van der Waals surface area (Å²) in [6.45, 7) is 1.95. The summed E-state index contributed by atoms with van der Waals surface area (Å²) in [5.74, 6) is 0.691. The Balaban J connectivity index is 1.97. The van der Waals surface area contributed by atoms with Crippen molar-refractivity contribution in [3.63, 3.8) is 0 Å². The van der Waals surface area contributed by atoms with E-state index in [0.29, 0.717) is 17.2 Å². The normalized spacial score (nSPS) is 21.9. The van der Waals surface area contributed by atoms with Gasteiger partial charge in [-0.05, 0) is 25.1 Å². The number of halogens is 1. The Morgan fingerprint density at radius 1 is 1.42 bits per heavy atom. The van der Waals surface area contributed by atoms with Gasteiger partial charge in [-0.15, -0.1) is 0 Å². The topological polar surface area (TPSA) is 47.3 Å². The summed E-state index contributed by atoms with van der Waals surface area (Å²) in [6.07, 6.45) is 1.72. The van der Waals surface area contributed by atoms with E-state index in [-0.39, 0.29) is 6.10 Å². The molecule has 0 bridgehead atoms. The van der Waals surface area contributed by atoms with Crippen molar-refractivity contribution in [1.82, 2.24) is 9.78 Å². The van der Waals surface area contributed by atoms with E-state index in [0.717, 1.165) is 16.8 Å². The molecule has 2 heterocycles. The van der Waals surface area contributed by atoms with Gasteiger partial charge in [0.05, 0.1) is 11.8 Å². The first-order chi connectivity index (χ1) is 9.04. The molecule has 5 heteroatoms. The van der Waals surface area contributed by atoms with E-state index in [1.165, 1.54) is 0 Å². The standard InChI is InChI=1S/C14H15ClN2O2/c1-8-11(7-17(2)16-8)14-6-12(18)10-5-9(15)3-4-13(10)19-14/h3-5,7,12,14,18H,6H2,1-2H3. The first-order valence-corrected chi connectivity index (χ1v) is 6.56. The zero-order valence-electron chi connectivity index (χ0n) is 10.8. The number of aryl methyl sites for hydroxylation is 2. The van der Waals surface area contributed by atoms with E-state index < -0.39 is 6.10 Å². The maximum atomic E-state index is 10.2. The van der Waals surface area contributed by atoms with Gasteiger partial charge in [-0.2, -0.15) is 5.10 Å². The van der Waals surface area contributed by atoms with Gasteiger partial charge in [0.1, 0.15) is 11.9 Å². The highest BCUT2D eigenvalue weighted by Crippen LogP contribution is 2.42. The molecule has 0 aliphatic carbocycles. The molecule has 0 saturated heterocycles. The Bertz CT molecular complexity index is 624. The van der Waals surface area contributed by atoms with Crippen LogP contribution in [0.5, 0.6) is 5.75 Å². The Morgan fingerprint density at radius 2 is 2.21 bits per heavy atom. The number of aliphatic hydroxyl groups is 1. The van der Waals surface area contributed by atoms with Crippen molar-refractivity contribution in [3.8, 4) is 5.75 Å². The number of ether oxygens (including phenoxy) is 1. The highest BCUT2D eigenvalue weighted by Gasteiger charge is 2.30. The molecule has 0 fully saturated rings. The minimum Gasteiger partial charge on any atom is -0.485 e. The average molecular weight is 279 g/mol. The minimum absolute atomic E-state index is 0.169. The monoisotopic (exact) mass is 278 g/mol. The quantitative estimate of drug-likeness (QED) is 0.872. The number of hydrogen-bond acceptors (Lipinski definition) is 3. The fraction of sp³-hybridized carbons (Fsp3) is 0.357. The summed E-state index contributed by atoms with van der Waals surface area (Å²) in [6, 6.07) is 5.33. The third-order valence-electron chi connectivity index (χ3n) is 3.44. The second-order valence-electron chi connectivity index (χ2n) is 4.88. The number of aromatic nitrogens is 2. The molecule has 2 aromatic rings. The lowest BCUT2D eigenvalue weighted by atomic mass is 9.95. The SMILES string of the molecule is Cc1nn(C)cc1C1CC(O)c2cc(Cl)ccc2O1. The molecule has 2 unspecified atom stereocenters. The molecule has 100 valence electrons. The van der Waals surface area contributed by atoms with Crippen LogP contribution in [-0.2, 0) is 7.05 Å². The Kier molecular flexibility index (Phi) is 2.99. The predicted octanol–water partition coefficient (Wildman–Crippen LogP) is 2.94. The molecule has 4 nitrogen and oxygen atoms in total. The summed E-state index contributed by atoms with van der Waals surface area (Å²) in [4.78, 5) is 0. The van der Waals surface area contributed by atoms with Crippen LogP contribution in [0.1, 0.15) is 35.4 Å². The lowest BCUT2D eigenvalue weighted by molar-refractivity contribution is 0.0654. The lowest BCUT2D eigenvalue weighted by Crippen LogP contribution is -2.19. The van der Waals surface area contributed by atoms with Gasteiger partial charge in [0.15, 0.2) is 0 Å². The second-order valence-corrected chi connectivity index (χ2v) is 5.32. The van der Waals surface area contributed by atoms with Crippen LogP contribution in [0.4, 0.5) is 0 Å². The molecule has 19 heavy (non-hydrogen) atoms. The maximum absolute atomic E-state index is 10.2. The van der Waals surface area contributed by atoms with Crippen molar-refractivity contribution in [2.24, 2.45) is 7.05 Å². The third-order valence-corrected chi connectivity index (χ3v) is 3.67. The van der Waals surface area contributed by atoms with Crippen LogP contribution < -0.4 is 4.74 Å². The van der Waals surface area contributed by atoms with Crippen LogP contribution in [0.3, 0.4) is 0 Å². The van der Waals surface area contributed by atoms with Gasteiger partial charge in [-0.25, -0.2) is 0 Å².